The molecule has 0 saturated carbocycles. The van der Waals surface area contributed by atoms with Crippen molar-refractivity contribution in [1.82, 2.24) is 9.80 Å². The summed E-state index contributed by atoms with van der Waals surface area (Å²) >= 11 is 0. The molecule has 0 radical (unpaired) electrons. The molecular formula is C19H24N4. The van der Waals surface area contributed by atoms with E-state index in [1.54, 1.807) is 0 Å². The van der Waals surface area contributed by atoms with Crippen LogP contribution in [0.5, 0.6) is 0 Å². The smallest absolute Gasteiger partial charge is 0.0907 e. The fraction of sp³-hybridized carbons (Fsp3) is 0.263. The summed E-state index contributed by atoms with van der Waals surface area (Å²) in [6.45, 7) is 0. The van der Waals surface area contributed by atoms with Crippen LogP contribution < -0.4 is 0 Å². The molecule has 120 valence electrons. The maximum Gasteiger partial charge on any atom is 0.0907 e. The zero-order valence-electron chi connectivity index (χ0n) is 14.3. The Morgan fingerprint density at radius 1 is 0.652 bits per heavy atom. The second kappa shape index (κ2) is 8.13. The molecule has 0 amide bonds. The van der Waals surface area contributed by atoms with Crippen molar-refractivity contribution in [1.29, 1.82) is 0 Å². The van der Waals surface area contributed by atoms with Gasteiger partial charge in [-0.3, -0.25) is 0 Å². The molecule has 0 N–H and O–H groups in total. The first-order valence-electron chi connectivity index (χ1n) is 7.62. The van der Waals surface area contributed by atoms with Crippen molar-refractivity contribution in [2.24, 2.45) is 9.98 Å². The van der Waals surface area contributed by atoms with Gasteiger partial charge in [0.05, 0.1) is 24.1 Å². The van der Waals surface area contributed by atoms with Gasteiger partial charge in [-0.2, -0.15) is 0 Å². The van der Waals surface area contributed by atoms with Crippen LogP contribution in [0.25, 0.3) is 0 Å². The van der Waals surface area contributed by atoms with Crippen molar-refractivity contribution < 1.29 is 0 Å². The van der Waals surface area contributed by atoms with E-state index in [2.05, 4.69) is 34.3 Å². The molecule has 0 saturated heterocycles. The van der Waals surface area contributed by atoms with Gasteiger partial charge in [-0.1, -0.05) is 24.3 Å². The second-order valence-electron chi connectivity index (χ2n) is 5.93. The van der Waals surface area contributed by atoms with Gasteiger partial charge in [0.25, 0.3) is 0 Å². The molecule has 0 fully saturated rings. The largest absolute Gasteiger partial charge is 0.369 e. The Hall–Kier alpha value is -2.62. The standard InChI is InChI=1S/C19H24N4/c1-22(2)14-20-18-9-5-16(6-10-18)13-17-7-11-19(12-8-17)21-15-23(3)4/h5-12,14-15H,13H2,1-4H3. The number of hydrogen-bond acceptors (Lipinski definition) is 2. The first kappa shape index (κ1) is 16.7. The van der Waals surface area contributed by atoms with Crippen molar-refractivity contribution in [2.75, 3.05) is 28.2 Å². The molecule has 23 heavy (non-hydrogen) atoms. The molecule has 0 spiro atoms. The summed E-state index contributed by atoms with van der Waals surface area (Å²) in [6, 6.07) is 16.7. The summed E-state index contributed by atoms with van der Waals surface area (Å²) in [6.07, 6.45) is 4.53. The van der Waals surface area contributed by atoms with Gasteiger partial charge in [-0.15, -0.1) is 0 Å². The summed E-state index contributed by atoms with van der Waals surface area (Å²) in [7, 11) is 7.85. The molecule has 4 nitrogen and oxygen atoms in total. The Balaban J connectivity index is 1.99. The van der Waals surface area contributed by atoms with Gasteiger partial charge in [0.2, 0.25) is 0 Å². The van der Waals surface area contributed by atoms with E-state index in [1.165, 1.54) is 11.1 Å². The summed E-state index contributed by atoms with van der Waals surface area (Å²) in [5, 5.41) is 0. The summed E-state index contributed by atoms with van der Waals surface area (Å²) in [5.41, 5.74) is 4.49. The van der Waals surface area contributed by atoms with Gasteiger partial charge < -0.3 is 9.80 Å². The summed E-state index contributed by atoms with van der Waals surface area (Å²) < 4.78 is 0. The van der Waals surface area contributed by atoms with E-state index in [0.717, 1.165) is 17.8 Å². The highest BCUT2D eigenvalue weighted by molar-refractivity contribution is 5.61. The van der Waals surface area contributed by atoms with Crippen molar-refractivity contribution in [3.8, 4) is 0 Å². The highest BCUT2D eigenvalue weighted by Crippen LogP contribution is 2.18. The quantitative estimate of drug-likeness (QED) is 0.601. The minimum absolute atomic E-state index is 0.912. The monoisotopic (exact) mass is 308 g/mol. The first-order valence-corrected chi connectivity index (χ1v) is 7.62. The number of rotatable bonds is 6. The molecule has 0 aliphatic heterocycles. The summed E-state index contributed by atoms with van der Waals surface area (Å²) in [4.78, 5) is 12.6. The van der Waals surface area contributed by atoms with Crippen LogP contribution in [0.4, 0.5) is 11.4 Å². The maximum absolute atomic E-state index is 4.38. The highest BCUT2D eigenvalue weighted by Gasteiger charge is 1.98. The zero-order chi connectivity index (χ0) is 16.7. The molecule has 0 aliphatic rings. The molecule has 4 heteroatoms. The minimum atomic E-state index is 0.912. The van der Waals surface area contributed by atoms with Crippen LogP contribution in [-0.4, -0.2) is 50.7 Å². The van der Waals surface area contributed by atoms with Gasteiger partial charge in [0.1, 0.15) is 0 Å². The molecule has 0 aromatic heterocycles. The van der Waals surface area contributed by atoms with Gasteiger partial charge >= 0.3 is 0 Å². The van der Waals surface area contributed by atoms with Crippen LogP contribution in [0, 0.1) is 0 Å². The number of benzene rings is 2. The normalized spacial score (nSPS) is 11.3. The third kappa shape index (κ3) is 5.94. The maximum atomic E-state index is 4.38. The van der Waals surface area contributed by atoms with E-state index in [4.69, 9.17) is 0 Å². The molecule has 0 atom stereocenters. The van der Waals surface area contributed by atoms with Crippen molar-refractivity contribution in [3.05, 3.63) is 59.7 Å². The Morgan fingerprint density at radius 3 is 1.30 bits per heavy atom. The molecule has 2 aromatic carbocycles. The first-order chi connectivity index (χ1) is 11.0. The number of hydrogen-bond donors (Lipinski definition) is 0. The Labute approximate surface area is 138 Å². The SMILES string of the molecule is CN(C)C=Nc1ccc(Cc2ccc(N=CN(C)C)cc2)cc1. The zero-order valence-corrected chi connectivity index (χ0v) is 14.3. The third-order valence-corrected chi connectivity index (χ3v) is 3.16. The molecule has 0 unspecified atom stereocenters. The Kier molecular flexibility index (Phi) is 5.92. The minimum Gasteiger partial charge on any atom is -0.369 e. The van der Waals surface area contributed by atoms with Gasteiger partial charge in [-0.05, 0) is 41.8 Å². The lowest BCUT2D eigenvalue weighted by Gasteiger charge is -2.05. The van der Waals surface area contributed by atoms with Crippen LogP contribution in [-0.2, 0) is 6.42 Å². The lowest BCUT2D eigenvalue weighted by molar-refractivity contribution is 0.643. The Bertz CT molecular complexity index is 593. The topological polar surface area (TPSA) is 31.2 Å². The van der Waals surface area contributed by atoms with Crippen LogP contribution in [0.2, 0.25) is 0 Å². The van der Waals surface area contributed by atoms with Gasteiger partial charge in [0.15, 0.2) is 0 Å². The second-order valence-corrected chi connectivity index (χ2v) is 5.93. The van der Waals surface area contributed by atoms with Crippen molar-refractivity contribution >= 4 is 24.1 Å². The van der Waals surface area contributed by atoms with E-state index in [9.17, 15) is 0 Å². The van der Waals surface area contributed by atoms with Gasteiger partial charge in [-0.25, -0.2) is 9.98 Å². The number of aliphatic imine (C=N–C) groups is 2. The predicted octanol–water partition coefficient (Wildman–Crippen LogP) is 3.72. The van der Waals surface area contributed by atoms with E-state index in [0.29, 0.717) is 0 Å². The fourth-order valence-electron chi connectivity index (χ4n) is 2.00. The van der Waals surface area contributed by atoms with Crippen LogP contribution in [0.15, 0.2) is 58.5 Å². The van der Waals surface area contributed by atoms with Crippen molar-refractivity contribution in [3.63, 3.8) is 0 Å². The fourth-order valence-corrected chi connectivity index (χ4v) is 2.00. The lowest BCUT2D eigenvalue weighted by atomic mass is 10.0. The third-order valence-electron chi connectivity index (χ3n) is 3.16. The van der Waals surface area contributed by atoms with E-state index in [1.807, 2.05) is 74.9 Å². The predicted molar refractivity (Wildman–Crippen MR) is 99.4 cm³/mol. The van der Waals surface area contributed by atoms with Gasteiger partial charge in [0, 0.05) is 28.2 Å². The van der Waals surface area contributed by atoms with Crippen LogP contribution >= 0.6 is 0 Å². The van der Waals surface area contributed by atoms with Crippen molar-refractivity contribution in [2.45, 2.75) is 6.42 Å². The molecule has 2 rings (SSSR count). The van der Waals surface area contributed by atoms with Crippen LogP contribution in [0.1, 0.15) is 11.1 Å². The number of nitrogens with zero attached hydrogens (tertiary/aromatic N) is 4. The molecule has 0 bridgehead atoms. The van der Waals surface area contributed by atoms with Crippen LogP contribution in [0.3, 0.4) is 0 Å². The average molecular weight is 308 g/mol. The Morgan fingerprint density at radius 2 is 1.00 bits per heavy atom. The summed E-state index contributed by atoms with van der Waals surface area (Å²) in [5.74, 6) is 0. The lowest BCUT2D eigenvalue weighted by Crippen LogP contribution is -2.06. The molecule has 0 aliphatic carbocycles. The van der Waals surface area contributed by atoms with E-state index < -0.39 is 0 Å². The molecular weight excluding hydrogens is 284 g/mol. The molecule has 2 aromatic rings. The van der Waals surface area contributed by atoms with E-state index in [-0.39, 0.29) is 0 Å². The average Bonchev–Trinajstić information content (AvgIpc) is 2.53. The molecule has 0 heterocycles. The highest BCUT2D eigenvalue weighted by atomic mass is 15.1. The van der Waals surface area contributed by atoms with E-state index >= 15 is 0 Å².